The summed E-state index contributed by atoms with van der Waals surface area (Å²) in [6, 6.07) is 54.5. The van der Waals surface area contributed by atoms with Crippen LogP contribution in [0.1, 0.15) is 36.8 Å². The number of nitrogens with zero attached hydrogens (tertiary/aromatic N) is 2. The Balaban J connectivity index is 0.768. The molecule has 0 amide bonds. The molecule has 52 heavy (non-hydrogen) atoms. The molecule has 8 rings (SSSR count). The van der Waals surface area contributed by atoms with Crippen molar-refractivity contribution in [2.45, 2.75) is 25.7 Å². The monoisotopic (exact) mass is 676 g/mol. The van der Waals surface area contributed by atoms with Crippen molar-refractivity contribution in [3.63, 3.8) is 0 Å². The molecule has 8 aromatic carbocycles. The van der Waals surface area contributed by atoms with Crippen LogP contribution in [0.25, 0.3) is 43.1 Å². The molecule has 0 aliphatic carbocycles. The Labute approximate surface area is 304 Å². The predicted molar refractivity (Wildman–Crippen MR) is 220 cm³/mol. The molecule has 0 aromatic heterocycles. The fraction of sp³-hybridized carbons (Fsp3) is 0.125. The first-order valence-corrected chi connectivity index (χ1v) is 18.1. The Hall–Kier alpha value is -6.26. The van der Waals surface area contributed by atoms with Crippen molar-refractivity contribution in [2.24, 2.45) is 9.98 Å². The maximum Gasteiger partial charge on any atom is 0.119 e. The topological polar surface area (TPSA) is 43.2 Å². The van der Waals surface area contributed by atoms with Gasteiger partial charge in [-0.1, -0.05) is 97.1 Å². The van der Waals surface area contributed by atoms with Gasteiger partial charge in [0.25, 0.3) is 0 Å². The van der Waals surface area contributed by atoms with Crippen LogP contribution in [-0.2, 0) is 0 Å². The first-order chi connectivity index (χ1) is 25.8. The third-order valence-corrected chi connectivity index (χ3v) is 9.56. The van der Waals surface area contributed by atoms with E-state index in [9.17, 15) is 0 Å². The van der Waals surface area contributed by atoms with E-state index < -0.39 is 0 Å². The third kappa shape index (κ3) is 7.57. The first kappa shape index (κ1) is 32.9. The average Bonchev–Trinajstić information content (AvgIpc) is 3.20. The fourth-order valence-electron chi connectivity index (χ4n) is 6.85. The summed E-state index contributed by atoms with van der Waals surface area (Å²) in [5, 5.41) is 9.71. The Kier molecular flexibility index (Phi) is 9.96. The van der Waals surface area contributed by atoms with Crippen LogP contribution in [0.2, 0.25) is 0 Å². The summed E-state index contributed by atoms with van der Waals surface area (Å²) >= 11 is 0. The number of hydrogen-bond acceptors (Lipinski definition) is 4. The van der Waals surface area contributed by atoms with Gasteiger partial charge in [-0.05, 0) is 129 Å². The van der Waals surface area contributed by atoms with Crippen LogP contribution >= 0.6 is 0 Å². The fourth-order valence-corrected chi connectivity index (χ4v) is 6.85. The molecule has 0 saturated carbocycles. The molecular formula is C48H40N2O2. The summed E-state index contributed by atoms with van der Waals surface area (Å²) in [4.78, 5) is 9.64. The highest BCUT2D eigenvalue weighted by molar-refractivity contribution is 6.14. The molecule has 0 fully saturated rings. The van der Waals surface area contributed by atoms with E-state index in [1.807, 2.05) is 61.0 Å². The van der Waals surface area contributed by atoms with Gasteiger partial charge in [0.2, 0.25) is 0 Å². The van der Waals surface area contributed by atoms with E-state index in [0.717, 1.165) is 59.7 Å². The van der Waals surface area contributed by atoms with Crippen LogP contribution in [0.15, 0.2) is 168 Å². The zero-order valence-electron chi connectivity index (χ0n) is 29.1. The number of rotatable bonds is 13. The largest absolute Gasteiger partial charge is 0.494 e. The molecule has 0 radical (unpaired) electrons. The van der Waals surface area contributed by atoms with E-state index in [1.54, 1.807) is 0 Å². The van der Waals surface area contributed by atoms with Gasteiger partial charge in [-0.2, -0.15) is 0 Å². The van der Waals surface area contributed by atoms with Crippen LogP contribution in [0.3, 0.4) is 0 Å². The van der Waals surface area contributed by atoms with E-state index in [1.165, 1.54) is 43.1 Å². The zero-order chi connectivity index (χ0) is 35.0. The summed E-state index contributed by atoms with van der Waals surface area (Å²) < 4.78 is 12.0. The van der Waals surface area contributed by atoms with E-state index in [2.05, 4.69) is 109 Å². The number of fused-ring (bicyclic) bond motifs is 4. The second kappa shape index (κ2) is 15.7. The number of aliphatic imine (C=N–C) groups is 2. The smallest absolute Gasteiger partial charge is 0.119 e. The number of benzene rings is 8. The molecule has 0 atom stereocenters. The summed E-state index contributed by atoms with van der Waals surface area (Å²) in [5.74, 6) is 1.74. The zero-order valence-corrected chi connectivity index (χ0v) is 29.1. The van der Waals surface area contributed by atoms with E-state index in [-0.39, 0.29) is 0 Å². The summed E-state index contributed by atoms with van der Waals surface area (Å²) in [7, 11) is 0. The number of ether oxygens (including phenoxy) is 2. The molecule has 0 saturated heterocycles. The SMILES string of the molecule is C(=Nc1ccc(OCCCCCCOc2ccc(N=Cc3c4ccccc4cc4ccccc34)cc2)cc1)c1c2ccccc2cc2ccccc12. The van der Waals surface area contributed by atoms with E-state index in [0.29, 0.717) is 13.2 Å². The summed E-state index contributed by atoms with van der Waals surface area (Å²) in [6.45, 7) is 1.39. The van der Waals surface area contributed by atoms with Crippen LogP contribution < -0.4 is 9.47 Å². The number of hydrogen-bond donors (Lipinski definition) is 0. The lowest BCUT2D eigenvalue weighted by Crippen LogP contribution is -1.99. The minimum atomic E-state index is 0.696. The molecule has 254 valence electrons. The lowest BCUT2D eigenvalue weighted by Gasteiger charge is -2.09. The van der Waals surface area contributed by atoms with Crippen LogP contribution in [0, 0.1) is 0 Å². The molecule has 0 unspecified atom stereocenters. The van der Waals surface area contributed by atoms with Crippen molar-refractivity contribution in [3.05, 3.63) is 169 Å². The van der Waals surface area contributed by atoms with Gasteiger partial charge in [0.1, 0.15) is 11.5 Å². The molecule has 4 heteroatoms. The molecular weight excluding hydrogens is 637 g/mol. The van der Waals surface area contributed by atoms with Crippen molar-refractivity contribution in [3.8, 4) is 11.5 Å². The normalized spacial score (nSPS) is 11.8. The molecule has 0 heterocycles. The highest BCUT2D eigenvalue weighted by Gasteiger charge is 2.07. The van der Waals surface area contributed by atoms with Gasteiger partial charge in [0.15, 0.2) is 0 Å². The van der Waals surface area contributed by atoms with Gasteiger partial charge in [-0.15, -0.1) is 0 Å². The van der Waals surface area contributed by atoms with Gasteiger partial charge >= 0.3 is 0 Å². The van der Waals surface area contributed by atoms with Gasteiger partial charge in [-0.25, -0.2) is 0 Å². The highest BCUT2D eigenvalue weighted by Crippen LogP contribution is 2.30. The quantitative estimate of drug-likeness (QED) is 0.0693. The second-order valence-electron chi connectivity index (χ2n) is 13.1. The molecule has 8 aromatic rings. The van der Waals surface area contributed by atoms with E-state index >= 15 is 0 Å². The van der Waals surface area contributed by atoms with Gasteiger partial charge in [0.05, 0.1) is 24.6 Å². The molecule has 0 spiro atoms. The standard InChI is InChI=1S/C48H40N2O2/c1(11-29-51-41-25-21-39(22-26-41)49-33-47-43-17-7-3-13-35(43)31-36-14-4-8-18-44(36)47)2-12-30-52-42-27-23-40(24-28-42)50-34-48-45-19-9-5-15-37(45)32-38-16-6-10-20-46(38)48/h3-10,13-28,31-34H,1-2,11-12,29-30H2. The van der Waals surface area contributed by atoms with Gasteiger partial charge in [0, 0.05) is 23.6 Å². The van der Waals surface area contributed by atoms with Crippen molar-refractivity contribution in [2.75, 3.05) is 13.2 Å². The molecule has 4 nitrogen and oxygen atoms in total. The lowest BCUT2D eigenvalue weighted by atomic mass is 9.97. The number of unbranched alkanes of at least 4 members (excludes halogenated alkanes) is 3. The Morgan fingerprint density at radius 2 is 0.692 bits per heavy atom. The van der Waals surface area contributed by atoms with Gasteiger partial charge < -0.3 is 9.47 Å². The van der Waals surface area contributed by atoms with Crippen molar-refractivity contribution in [1.29, 1.82) is 0 Å². The Morgan fingerprint density at radius 1 is 0.365 bits per heavy atom. The maximum atomic E-state index is 6.02. The summed E-state index contributed by atoms with van der Waals surface area (Å²) in [5.41, 5.74) is 4.09. The Bertz CT molecular complexity index is 2230. The van der Waals surface area contributed by atoms with Crippen LogP contribution in [0.5, 0.6) is 11.5 Å². The molecule has 0 aliphatic heterocycles. The van der Waals surface area contributed by atoms with Crippen molar-refractivity contribution < 1.29 is 9.47 Å². The second-order valence-corrected chi connectivity index (χ2v) is 13.1. The Morgan fingerprint density at radius 3 is 1.04 bits per heavy atom. The third-order valence-electron chi connectivity index (χ3n) is 9.56. The molecule has 0 aliphatic rings. The summed E-state index contributed by atoms with van der Waals surface area (Å²) in [6.07, 6.45) is 8.19. The van der Waals surface area contributed by atoms with Crippen LogP contribution in [0.4, 0.5) is 11.4 Å². The average molecular weight is 677 g/mol. The van der Waals surface area contributed by atoms with Crippen molar-refractivity contribution in [1.82, 2.24) is 0 Å². The van der Waals surface area contributed by atoms with Crippen LogP contribution in [-0.4, -0.2) is 25.6 Å². The van der Waals surface area contributed by atoms with Gasteiger partial charge in [-0.3, -0.25) is 9.98 Å². The predicted octanol–water partition coefficient (Wildman–Crippen LogP) is 12.8. The molecule has 0 bridgehead atoms. The minimum absolute atomic E-state index is 0.696. The first-order valence-electron chi connectivity index (χ1n) is 18.1. The van der Waals surface area contributed by atoms with E-state index in [4.69, 9.17) is 19.5 Å². The maximum absolute atomic E-state index is 6.02. The lowest BCUT2D eigenvalue weighted by molar-refractivity contribution is 0.287. The molecule has 0 N–H and O–H groups in total. The minimum Gasteiger partial charge on any atom is -0.494 e. The van der Waals surface area contributed by atoms with Crippen molar-refractivity contribution >= 4 is 66.9 Å². The highest BCUT2D eigenvalue weighted by atomic mass is 16.5.